The van der Waals surface area contributed by atoms with Crippen LogP contribution in [0.1, 0.15) is 30.7 Å². The van der Waals surface area contributed by atoms with E-state index in [2.05, 4.69) is 29.0 Å². The smallest absolute Gasteiger partial charge is 0.278 e. The second-order valence-electron chi connectivity index (χ2n) is 6.11. The molecule has 0 saturated heterocycles. The van der Waals surface area contributed by atoms with E-state index >= 15 is 0 Å². The summed E-state index contributed by atoms with van der Waals surface area (Å²) in [6.07, 6.45) is 1.58. The summed E-state index contributed by atoms with van der Waals surface area (Å²) in [7, 11) is 4.08. The third-order valence-corrected chi connectivity index (χ3v) is 3.66. The summed E-state index contributed by atoms with van der Waals surface area (Å²) in [5.41, 5.74) is 2.18. The van der Waals surface area contributed by atoms with Gasteiger partial charge in [-0.15, -0.1) is 0 Å². The molecule has 0 saturated carbocycles. The van der Waals surface area contributed by atoms with Crippen LogP contribution in [0.3, 0.4) is 0 Å². The molecular weight excluding hydrogens is 268 g/mol. The van der Waals surface area contributed by atoms with Crippen molar-refractivity contribution < 1.29 is 4.92 Å². The van der Waals surface area contributed by atoms with Gasteiger partial charge in [0.15, 0.2) is 0 Å². The minimum Gasteiger partial charge on any atom is -0.308 e. The number of nitro groups is 1. The normalized spacial score (nSPS) is 13.0. The van der Waals surface area contributed by atoms with Gasteiger partial charge in [0.2, 0.25) is 0 Å². The third kappa shape index (κ3) is 4.75. The van der Waals surface area contributed by atoms with Crippen LogP contribution in [0.15, 0.2) is 6.20 Å². The average Bonchev–Trinajstić information content (AvgIpc) is 2.35. The summed E-state index contributed by atoms with van der Waals surface area (Å²) in [5, 5.41) is 14.6. The van der Waals surface area contributed by atoms with Gasteiger partial charge in [-0.25, -0.2) is 0 Å². The molecule has 1 unspecified atom stereocenters. The summed E-state index contributed by atoms with van der Waals surface area (Å²) >= 11 is 0. The van der Waals surface area contributed by atoms with Gasteiger partial charge in [-0.1, -0.05) is 13.8 Å². The molecule has 21 heavy (non-hydrogen) atoms. The highest BCUT2D eigenvalue weighted by atomic mass is 16.6. The summed E-state index contributed by atoms with van der Waals surface area (Å²) in [4.78, 5) is 17.3. The molecule has 0 aromatic carbocycles. The highest BCUT2D eigenvalue weighted by Gasteiger charge is 2.20. The zero-order valence-corrected chi connectivity index (χ0v) is 13.8. The highest BCUT2D eigenvalue weighted by Crippen LogP contribution is 2.24. The molecule has 1 atom stereocenters. The van der Waals surface area contributed by atoms with Gasteiger partial charge in [-0.05, 0) is 33.9 Å². The average molecular weight is 294 g/mol. The summed E-state index contributed by atoms with van der Waals surface area (Å²) < 4.78 is 0. The summed E-state index contributed by atoms with van der Waals surface area (Å²) in [6, 6.07) is 0.321. The number of nitrogens with one attached hydrogen (secondary N) is 1. The number of aryl methyl sites for hydroxylation is 1. The van der Waals surface area contributed by atoms with Crippen molar-refractivity contribution in [2.75, 3.05) is 20.6 Å². The lowest BCUT2D eigenvalue weighted by atomic mass is 10.0. The first-order valence-electron chi connectivity index (χ1n) is 7.21. The topological polar surface area (TPSA) is 71.3 Å². The van der Waals surface area contributed by atoms with Crippen molar-refractivity contribution in [1.29, 1.82) is 0 Å². The van der Waals surface area contributed by atoms with Crippen LogP contribution in [-0.4, -0.2) is 41.5 Å². The maximum atomic E-state index is 11.1. The Morgan fingerprint density at radius 2 is 2.00 bits per heavy atom. The lowest BCUT2D eigenvalue weighted by molar-refractivity contribution is -0.386. The molecule has 0 bridgehead atoms. The van der Waals surface area contributed by atoms with E-state index in [-0.39, 0.29) is 10.6 Å². The molecule has 0 aliphatic heterocycles. The maximum Gasteiger partial charge on any atom is 0.278 e. The predicted molar refractivity (Wildman–Crippen MR) is 84.4 cm³/mol. The van der Waals surface area contributed by atoms with Crippen molar-refractivity contribution in [2.45, 2.75) is 40.3 Å². The maximum absolute atomic E-state index is 11.1. The predicted octanol–water partition coefficient (Wildman–Crippen LogP) is 2.28. The SMILES string of the molecule is Cc1cnc(CNC(CN(C)C)C(C)C)c(C)c1[N+](=O)[O-]. The molecule has 0 radical (unpaired) electrons. The molecule has 0 aliphatic carbocycles. The number of rotatable bonds is 7. The molecule has 1 rings (SSSR count). The second kappa shape index (κ2) is 7.47. The molecule has 1 aromatic heterocycles. The molecule has 0 aliphatic rings. The zero-order valence-electron chi connectivity index (χ0n) is 13.8. The van der Waals surface area contributed by atoms with E-state index in [1.54, 1.807) is 20.0 Å². The van der Waals surface area contributed by atoms with E-state index < -0.39 is 0 Å². The summed E-state index contributed by atoms with van der Waals surface area (Å²) in [5.74, 6) is 0.480. The van der Waals surface area contributed by atoms with Crippen LogP contribution in [0.4, 0.5) is 5.69 Å². The number of aromatic nitrogens is 1. The van der Waals surface area contributed by atoms with Crippen LogP contribution in [0, 0.1) is 29.9 Å². The van der Waals surface area contributed by atoms with Gasteiger partial charge in [-0.3, -0.25) is 15.1 Å². The first-order valence-corrected chi connectivity index (χ1v) is 7.21. The van der Waals surface area contributed by atoms with Crippen molar-refractivity contribution >= 4 is 5.69 Å². The van der Waals surface area contributed by atoms with Gasteiger partial charge in [-0.2, -0.15) is 0 Å². The molecule has 0 spiro atoms. The highest BCUT2D eigenvalue weighted by molar-refractivity contribution is 5.47. The number of hydrogen-bond acceptors (Lipinski definition) is 5. The zero-order chi connectivity index (χ0) is 16.2. The van der Waals surface area contributed by atoms with Crippen molar-refractivity contribution in [1.82, 2.24) is 15.2 Å². The fourth-order valence-corrected chi connectivity index (χ4v) is 2.36. The fourth-order valence-electron chi connectivity index (χ4n) is 2.36. The van der Waals surface area contributed by atoms with Gasteiger partial charge in [0.1, 0.15) is 0 Å². The van der Waals surface area contributed by atoms with Crippen LogP contribution in [0.25, 0.3) is 0 Å². The Balaban J connectivity index is 2.88. The molecule has 6 heteroatoms. The molecule has 118 valence electrons. The molecule has 1 aromatic rings. The Labute approximate surface area is 126 Å². The van der Waals surface area contributed by atoms with E-state index in [1.807, 2.05) is 14.1 Å². The number of hydrogen-bond donors (Lipinski definition) is 1. The Morgan fingerprint density at radius 1 is 1.38 bits per heavy atom. The van der Waals surface area contributed by atoms with E-state index in [1.165, 1.54) is 0 Å². The molecule has 0 fully saturated rings. The van der Waals surface area contributed by atoms with Crippen LogP contribution in [-0.2, 0) is 6.54 Å². The van der Waals surface area contributed by atoms with Gasteiger partial charge >= 0.3 is 0 Å². The quantitative estimate of drug-likeness (QED) is 0.617. The Bertz CT molecular complexity index is 501. The van der Waals surface area contributed by atoms with Gasteiger partial charge in [0.25, 0.3) is 5.69 Å². The van der Waals surface area contributed by atoms with Gasteiger partial charge < -0.3 is 10.2 Å². The second-order valence-corrected chi connectivity index (χ2v) is 6.11. The van der Waals surface area contributed by atoms with Crippen LogP contribution in [0.2, 0.25) is 0 Å². The summed E-state index contributed by atoms with van der Waals surface area (Å²) in [6.45, 7) is 9.29. The number of nitrogens with zero attached hydrogens (tertiary/aromatic N) is 3. The fraction of sp³-hybridized carbons (Fsp3) is 0.667. The molecule has 1 N–H and O–H groups in total. The van der Waals surface area contributed by atoms with E-state index in [0.29, 0.717) is 29.6 Å². The largest absolute Gasteiger partial charge is 0.308 e. The Morgan fingerprint density at radius 3 is 2.48 bits per heavy atom. The molecule has 1 heterocycles. The molecular formula is C15H26N4O2. The van der Waals surface area contributed by atoms with Gasteiger partial charge in [0.05, 0.1) is 10.6 Å². The number of likely N-dealkylation sites (N-methyl/N-ethyl adjacent to an activating group) is 1. The standard InChI is InChI=1S/C15H26N4O2/c1-10(2)14(9-18(5)6)17-8-13-12(4)15(19(20)21)11(3)7-16-13/h7,10,14,17H,8-9H2,1-6H3. The molecule has 0 amide bonds. The minimum absolute atomic E-state index is 0.176. The van der Waals surface area contributed by atoms with Crippen molar-refractivity contribution in [3.63, 3.8) is 0 Å². The van der Waals surface area contributed by atoms with Crippen molar-refractivity contribution in [3.8, 4) is 0 Å². The first kappa shape index (κ1) is 17.5. The van der Waals surface area contributed by atoms with Crippen LogP contribution >= 0.6 is 0 Å². The van der Waals surface area contributed by atoms with Crippen LogP contribution in [0.5, 0.6) is 0 Å². The Hall–Kier alpha value is -1.53. The first-order chi connectivity index (χ1) is 9.73. The third-order valence-electron chi connectivity index (χ3n) is 3.66. The van der Waals surface area contributed by atoms with E-state index in [4.69, 9.17) is 0 Å². The monoisotopic (exact) mass is 294 g/mol. The van der Waals surface area contributed by atoms with Gasteiger partial charge in [0, 0.05) is 36.5 Å². The van der Waals surface area contributed by atoms with Crippen molar-refractivity contribution in [3.05, 3.63) is 33.1 Å². The number of pyridine rings is 1. The lowest BCUT2D eigenvalue weighted by Gasteiger charge is -2.25. The molecule has 6 nitrogen and oxygen atoms in total. The van der Waals surface area contributed by atoms with E-state index in [0.717, 1.165) is 12.2 Å². The van der Waals surface area contributed by atoms with E-state index in [9.17, 15) is 10.1 Å². The lowest BCUT2D eigenvalue weighted by Crippen LogP contribution is -2.41. The van der Waals surface area contributed by atoms with Crippen LogP contribution < -0.4 is 5.32 Å². The minimum atomic E-state index is -0.324. The van der Waals surface area contributed by atoms with Crippen molar-refractivity contribution in [2.24, 2.45) is 5.92 Å². The Kier molecular flexibility index (Phi) is 6.23.